The Bertz CT molecular complexity index is 1320. The predicted molar refractivity (Wildman–Crippen MR) is 134 cm³/mol. The first-order valence-electron chi connectivity index (χ1n) is 11.9. The summed E-state index contributed by atoms with van der Waals surface area (Å²) in [7, 11) is 0. The molecular weight excluding hydrogens is 442 g/mol. The lowest BCUT2D eigenvalue weighted by Crippen LogP contribution is -2.56. The standard InChI is InChI=1S/C28H29N3O4/c1-20-8-10-22(11-9-20)18-31-25(16-23-12-15-34-28(23)31)27(33)29-13-14-30(21(2)17-29)26(32)19-35-24-6-4-3-5-7-24/h3-12,15-16,21H,13-14,17-19H2,1-2H3/t21-/m0/s1. The summed E-state index contributed by atoms with van der Waals surface area (Å²) in [6.07, 6.45) is 1.65. The second-order valence-electron chi connectivity index (χ2n) is 9.07. The number of nitrogens with zero attached hydrogens (tertiary/aromatic N) is 3. The SMILES string of the molecule is Cc1ccc(Cn2c(C(=O)N3CCN(C(=O)COc4ccccc4)[C@@H](C)C3)cc3ccoc32)cc1. The predicted octanol–water partition coefficient (Wildman–Crippen LogP) is 4.34. The van der Waals surface area contributed by atoms with Crippen LogP contribution in [-0.4, -0.2) is 58.5 Å². The van der Waals surface area contributed by atoms with E-state index in [-0.39, 0.29) is 24.5 Å². The van der Waals surface area contributed by atoms with Crippen molar-refractivity contribution in [1.29, 1.82) is 0 Å². The van der Waals surface area contributed by atoms with Crippen molar-refractivity contribution in [3.63, 3.8) is 0 Å². The van der Waals surface area contributed by atoms with Crippen LogP contribution >= 0.6 is 0 Å². The van der Waals surface area contributed by atoms with Gasteiger partial charge in [0.15, 0.2) is 6.61 Å². The fourth-order valence-corrected chi connectivity index (χ4v) is 4.60. The van der Waals surface area contributed by atoms with Crippen molar-refractivity contribution >= 4 is 22.9 Å². The van der Waals surface area contributed by atoms with Gasteiger partial charge < -0.3 is 23.5 Å². The van der Waals surface area contributed by atoms with Gasteiger partial charge in [-0.15, -0.1) is 0 Å². The molecule has 7 nitrogen and oxygen atoms in total. The summed E-state index contributed by atoms with van der Waals surface area (Å²) in [5, 5.41) is 0.903. The van der Waals surface area contributed by atoms with Crippen LogP contribution in [-0.2, 0) is 11.3 Å². The monoisotopic (exact) mass is 471 g/mol. The van der Waals surface area contributed by atoms with Gasteiger partial charge in [0.1, 0.15) is 11.4 Å². The molecule has 1 atom stereocenters. The van der Waals surface area contributed by atoms with E-state index in [4.69, 9.17) is 9.15 Å². The van der Waals surface area contributed by atoms with Crippen LogP contribution in [0.2, 0.25) is 0 Å². The number of fused-ring (bicyclic) bond motifs is 1. The summed E-state index contributed by atoms with van der Waals surface area (Å²) in [6.45, 7) is 5.96. The van der Waals surface area contributed by atoms with Gasteiger partial charge in [-0.05, 0) is 43.7 Å². The molecule has 2 aromatic carbocycles. The van der Waals surface area contributed by atoms with E-state index in [1.165, 1.54) is 5.56 Å². The van der Waals surface area contributed by atoms with Gasteiger partial charge in [-0.2, -0.15) is 0 Å². The minimum Gasteiger partial charge on any atom is -0.484 e. The molecule has 5 rings (SSSR count). The van der Waals surface area contributed by atoms with Crippen LogP contribution in [0.4, 0.5) is 0 Å². The highest BCUT2D eigenvalue weighted by Gasteiger charge is 2.32. The maximum Gasteiger partial charge on any atom is 0.270 e. The van der Waals surface area contributed by atoms with Gasteiger partial charge in [-0.25, -0.2) is 0 Å². The molecule has 0 aliphatic carbocycles. The van der Waals surface area contributed by atoms with E-state index in [9.17, 15) is 9.59 Å². The molecule has 4 aromatic rings. The lowest BCUT2D eigenvalue weighted by atomic mass is 10.1. The first-order chi connectivity index (χ1) is 17.0. The van der Waals surface area contributed by atoms with Gasteiger partial charge in [0.05, 0.1) is 12.8 Å². The van der Waals surface area contributed by atoms with Crippen molar-refractivity contribution in [2.24, 2.45) is 0 Å². The Morgan fingerprint density at radius 3 is 2.54 bits per heavy atom. The molecule has 2 amide bonds. The van der Waals surface area contributed by atoms with Gasteiger partial charge in [-0.3, -0.25) is 9.59 Å². The molecule has 7 heteroatoms. The topological polar surface area (TPSA) is 67.9 Å². The molecule has 1 aliphatic rings. The zero-order chi connectivity index (χ0) is 24.4. The summed E-state index contributed by atoms with van der Waals surface area (Å²) in [6, 6.07) is 21.3. The van der Waals surface area contributed by atoms with Gasteiger partial charge in [0.2, 0.25) is 5.71 Å². The van der Waals surface area contributed by atoms with Crippen molar-refractivity contribution in [1.82, 2.24) is 14.4 Å². The summed E-state index contributed by atoms with van der Waals surface area (Å²) in [5.41, 5.74) is 3.57. The highest BCUT2D eigenvalue weighted by Crippen LogP contribution is 2.25. The highest BCUT2D eigenvalue weighted by atomic mass is 16.5. The number of carbonyl (C=O) groups excluding carboxylic acids is 2. The van der Waals surface area contributed by atoms with Crippen LogP contribution < -0.4 is 4.74 Å². The zero-order valence-electron chi connectivity index (χ0n) is 20.0. The molecule has 2 aromatic heterocycles. The maximum atomic E-state index is 13.6. The number of para-hydroxylation sites is 1. The van der Waals surface area contributed by atoms with E-state index >= 15 is 0 Å². The van der Waals surface area contributed by atoms with Crippen molar-refractivity contribution in [2.45, 2.75) is 26.4 Å². The van der Waals surface area contributed by atoms with Gasteiger partial charge >= 0.3 is 0 Å². The van der Waals surface area contributed by atoms with Crippen LogP contribution in [0.5, 0.6) is 5.75 Å². The van der Waals surface area contributed by atoms with Crippen LogP contribution in [0.15, 0.2) is 77.4 Å². The average molecular weight is 472 g/mol. The van der Waals surface area contributed by atoms with Crippen molar-refractivity contribution in [2.75, 3.05) is 26.2 Å². The lowest BCUT2D eigenvalue weighted by Gasteiger charge is -2.39. The molecule has 35 heavy (non-hydrogen) atoms. The maximum absolute atomic E-state index is 13.6. The number of piperazine rings is 1. The molecule has 1 saturated heterocycles. The van der Waals surface area contributed by atoms with Crippen molar-refractivity contribution in [3.05, 3.63) is 89.8 Å². The van der Waals surface area contributed by atoms with E-state index < -0.39 is 0 Å². The normalized spacial score (nSPS) is 16.0. The first-order valence-corrected chi connectivity index (χ1v) is 11.9. The number of hydrogen-bond acceptors (Lipinski definition) is 4. The lowest BCUT2D eigenvalue weighted by molar-refractivity contribution is -0.137. The number of hydrogen-bond donors (Lipinski definition) is 0. The number of rotatable bonds is 6. The average Bonchev–Trinajstić information content (AvgIpc) is 3.46. The number of benzene rings is 2. The minimum absolute atomic E-state index is 0.0158. The first kappa shape index (κ1) is 22.8. The van der Waals surface area contributed by atoms with Crippen LogP contribution in [0.1, 0.15) is 28.5 Å². The van der Waals surface area contributed by atoms with E-state index in [1.54, 1.807) is 11.2 Å². The third-order valence-electron chi connectivity index (χ3n) is 6.52. The molecule has 1 aliphatic heterocycles. The Labute approximate surface area is 204 Å². The molecule has 180 valence electrons. The molecule has 1 fully saturated rings. The van der Waals surface area contributed by atoms with Gasteiger partial charge in [-0.1, -0.05) is 48.0 Å². The van der Waals surface area contributed by atoms with Crippen molar-refractivity contribution in [3.8, 4) is 5.75 Å². The molecule has 0 bridgehead atoms. The van der Waals surface area contributed by atoms with Crippen LogP contribution in [0.25, 0.3) is 11.1 Å². The van der Waals surface area contributed by atoms with E-state index in [1.807, 2.05) is 58.9 Å². The molecule has 3 heterocycles. The Morgan fingerprint density at radius 1 is 1.03 bits per heavy atom. The van der Waals surface area contributed by atoms with Crippen LogP contribution in [0, 0.1) is 6.92 Å². The van der Waals surface area contributed by atoms with Gasteiger partial charge in [0, 0.05) is 31.1 Å². The number of aryl methyl sites for hydroxylation is 1. The molecule has 0 spiro atoms. The number of furan rings is 1. The molecule has 0 unspecified atom stereocenters. The highest BCUT2D eigenvalue weighted by molar-refractivity contribution is 5.98. The minimum atomic E-state index is -0.108. The third-order valence-corrected chi connectivity index (χ3v) is 6.52. The van der Waals surface area contributed by atoms with E-state index in [0.717, 1.165) is 10.9 Å². The summed E-state index contributed by atoms with van der Waals surface area (Å²) < 4.78 is 13.3. The number of amides is 2. The molecular formula is C28H29N3O4. The summed E-state index contributed by atoms with van der Waals surface area (Å²) in [5.74, 6) is 0.540. The molecule has 0 radical (unpaired) electrons. The fourth-order valence-electron chi connectivity index (χ4n) is 4.60. The largest absolute Gasteiger partial charge is 0.484 e. The Kier molecular flexibility index (Phi) is 6.31. The number of ether oxygens (including phenoxy) is 1. The second kappa shape index (κ2) is 9.70. The molecule has 0 saturated carbocycles. The number of carbonyl (C=O) groups is 2. The Balaban J connectivity index is 1.28. The fraction of sp³-hybridized carbons (Fsp3) is 0.286. The van der Waals surface area contributed by atoms with Crippen LogP contribution in [0.3, 0.4) is 0 Å². The summed E-state index contributed by atoms with van der Waals surface area (Å²) >= 11 is 0. The quantitative estimate of drug-likeness (QED) is 0.420. The second-order valence-corrected chi connectivity index (χ2v) is 9.07. The molecule has 0 N–H and O–H groups in total. The zero-order valence-corrected chi connectivity index (χ0v) is 20.0. The van der Waals surface area contributed by atoms with E-state index in [0.29, 0.717) is 43.3 Å². The van der Waals surface area contributed by atoms with E-state index in [2.05, 4.69) is 31.2 Å². The number of aromatic nitrogens is 1. The third kappa shape index (κ3) is 4.80. The Hall–Kier alpha value is -4.00. The Morgan fingerprint density at radius 2 is 1.80 bits per heavy atom. The summed E-state index contributed by atoms with van der Waals surface area (Å²) in [4.78, 5) is 30.0. The van der Waals surface area contributed by atoms with Crippen molar-refractivity contribution < 1.29 is 18.7 Å². The smallest absolute Gasteiger partial charge is 0.270 e. The van der Waals surface area contributed by atoms with Gasteiger partial charge in [0.25, 0.3) is 11.8 Å².